The zero-order valence-electron chi connectivity index (χ0n) is 9.62. The first-order chi connectivity index (χ1) is 8.19. The normalized spacial score (nSPS) is 22.0. The van der Waals surface area contributed by atoms with Crippen LogP contribution in [0.2, 0.25) is 0 Å². The predicted octanol–water partition coefficient (Wildman–Crippen LogP) is 3.06. The van der Waals surface area contributed by atoms with Crippen molar-refractivity contribution in [2.24, 2.45) is 5.73 Å². The Morgan fingerprint density at radius 2 is 2.06 bits per heavy atom. The highest BCUT2D eigenvalue weighted by Gasteiger charge is 2.45. The molecule has 0 radical (unpaired) electrons. The van der Waals surface area contributed by atoms with E-state index in [2.05, 4.69) is 4.57 Å². The van der Waals surface area contributed by atoms with Crippen molar-refractivity contribution in [3.05, 3.63) is 35.8 Å². The Labute approximate surface area is 99.2 Å². The number of nitrogens with two attached hydrogens (primary N) is 1. The second-order valence-corrected chi connectivity index (χ2v) is 5.46. The lowest BCUT2D eigenvalue weighted by Gasteiger charge is -2.14. The molecule has 3 heteroatoms. The van der Waals surface area contributed by atoms with Crippen LogP contribution in [0.25, 0.3) is 10.9 Å². The van der Waals surface area contributed by atoms with E-state index in [-0.39, 0.29) is 11.4 Å². The van der Waals surface area contributed by atoms with Gasteiger partial charge in [0, 0.05) is 17.1 Å². The van der Waals surface area contributed by atoms with E-state index >= 15 is 0 Å². The maximum Gasteiger partial charge on any atom is 0.132 e. The third-order valence-electron chi connectivity index (χ3n) is 4.04. The number of nitrogens with zero attached hydrogens (tertiary/aromatic N) is 1. The van der Waals surface area contributed by atoms with Gasteiger partial charge in [-0.25, -0.2) is 4.39 Å². The summed E-state index contributed by atoms with van der Waals surface area (Å²) in [5, 5.41) is 0.728. The lowest BCUT2D eigenvalue weighted by molar-refractivity contribution is 0.621. The Balaban J connectivity index is 2.05. The molecule has 88 valence electrons. The first kappa shape index (κ1) is 9.66. The summed E-state index contributed by atoms with van der Waals surface area (Å²) in [6.07, 6.45) is 4.45. The third-order valence-corrected chi connectivity index (χ3v) is 4.04. The van der Waals surface area contributed by atoms with Crippen LogP contribution in [0.5, 0.6) is 0 Å². The van der Waals surface area contributed by atoms with E-state index in [1.165, 1.54) is 18.9 Å². The van der Waals surface area contributed by atoms with Crippen molar-refractivity contribution in [3.63, 3.8) is 0 Å². The highest BCUT2D eigenvalue weighted by atomic mass is 19.1. The van der Waals surface area contributed by atoms with Crippen molar-refractivity contribution < 1.29 is 4.39 Å². The van der Waals surface area contributed by atoms with E-state index in [0.717, 1.165) is 29.4 Å². The molecule has 0 saturated heterocycles. The summed E-state index contributed by atoms with van der Waals surface area (Å²) in [5.41, 5.74) is 8.27. The number of fused-ring (bicyclic) bond motifs is 1. The Bertz CT molecular complexity index is 606. The average Bonchev–Trinajstić information content (AvgIpc) is 3.22. The summed E-state index contributed by atoms with van der Waals surface area (Å²) in [6, 6.07) is 7.84. The van der Waals surface area contributed by atoms with Gasteiger partial charge in [0.05, 0.1) is 11.1 Å². The van der Waals surface area contributed by atoms with Gasteiger partial charge in [0.15, 0.2) is 0 Å². The van der Waals surface area contributed by atoms with E-state index in [9.17, 15) is 4.39 Å². The zero-order valence-corrected chi connectivity index (χ0v) is 9.62. The quantitative estimate of drug-likeness (QED) is 0.844. The SMILES string of the molecule is NC1(c2cc3c(F)cccc3n2C2CC2)CC1. The van der Waals surface area contributed by atoms with E-state index in [1.807, 2.05) is 12.1 Å². The molecule has 0 spiro atoms. The minimum absolute atomic E-state index is 0.132. The molecule has 0 unspecified atom stereocenters. The minimum Gasteiger partial charge on any atom is -0.340 e. The fourth-order valence-corrected chi connectivity index (χ4v) is 2.72. The van der Waals surface area contributed by atoms with Gasteiger partial charge in [-0.15, -0.1) is 0 Å². The lowest BCUT2D eigenvalue weighted by Crippen LogP contribution is -2.22. The second kappa shape index (κ2) is 2.91. The van der Waals surface area contributed by atoms with Crippen molar-refractivity contribution in [1.82, 2.24) is 4.57 Å². The molecule has 2 aromatic rings. The van der Waals surface area contributed by atoms with Crippen LogP contribution >= 0.6 is 0 Å². The van der Waals surface area contributed by atoms with Crippen LogP contribution in [0.1, 0.15) is 37.4 Å². The van der Waals surface area contributed by atoms with Crippen LogP contribution in [0, 0.1) is 5.82 Å². The first-order valence-electron chi connectivity index (χ1n) is 6.28. The second-order valence-electron chi connectivity index (χ2n) is 5.46. The molecule has 4 rings (SSSR count). The standard InChI is InChI=1S/C14H15FN2/c15-11-2-1-3-12-10(11)8-13(14(16)6-7-14)17(12)9-4-5-9/h1-3,8-9H,4-7,16H2. The molecule has 0 amide bonds. The summed E-state index contributed by atoms with van der Waals surface area (Å²) in [4.78, 5) is 0. The Kier molecular flexibility index (Phi) is 1.65. The number of hydrogen-bond donors (Lipinski definition) is 1. The molecule has 0 aliphatic heterocycles. The van der Waals surface area contributed by atoms with Gasteiger partial charge in [0.25, 0.3) is 0 Å². The van der Waals surface area contributed by atoms with Crippen molar-refractivity contribution in [1.29, 1.82) is 0 Å². The van der Waals surface area contributed by atoms with Gasteiger partial charge in [-0.1, -0.05) is 6.07 Å². The summed E-state index contributed by atoms with van der Waals surface area (Å²) in [5.74, 6) is -0.132. The van der Waals surface area contributed by atoms with Crippen molar-refractivity contribution in [2.45, 2.75) is 37.3 Å². The number of rotatable bonds is 2. The van der Waals surface area contributed by atoms with E-state index in [1.54, 1.807) is 6.07 Å². The lowest BCUT2D eigenvalue weighted by atomic mass is 10.2. The van der Waals surface area contributed by atoms with Gasteiger partial charge in [-0.05, 0) is 43.9 Å². The minimum atomic E-state index is -0.186. The van der Waals surface area contributed by atoms with E-state index < -0.39 is 0 Å². The van der Waals surface area contributed by atoms with Crippen molar-refractivity contribution >= 4 is 10.9 Å². The first-order valence-corrected chi connectivity index (χ1v) is 6.28. The van der Waals surface area contributed by atoms with Gasteiger partial charge < -0.3 is 10.3 Å². The largest absolute Gasteiger partial charge is 0.340 e. The topological polar surface area (TPSA) is 30.9 Å². The van der Waals surface area contributed by atoms with Gasteiger partial charge in [0.1, 0.15) is 5.82 Å². The Morgan fingerprint density at radius 1 is 1.29 bits per heavy atom. The van der Waals surface area contributed by atoms with E-state index in [0.29, 0.717) is 6.04 Å². The van der Waals surface area contributed by atoms with Crippen LogP contribution < -0.4 is 5.73 Å². The highest BCUT2D eigenvalue weighted by Crippen LogP contribution is 2.49. The number of halogens is 1. The van der Waals surface area contributed by atoms with Crippen LogP contribution in [0.3, 0.4) is 0 Å². The van der Waals surface area contributed by atoms with Crippen molar-refractivity contribution in [3.8, 4) is 0 Å². The fourth-order valence-electron chi connectivity index (χ4n) is 2.72. The molecule has 1 aromatic carbocycles. The molecule has 0 atom stereocenters. The molecule has 2 aliphatic rings. The molecular weight excluding hydrogens is 215 g/mol. The van der Waals surface area contributed by atoms with Crippen LogP contribution in [0.15, 0.2) is 24.3 Å². The predicted molar refractivity (Wildman–Crippen MR) is 65.3 cm³/mol. The summed E-state index contributed by atoms with van der Waals surface area (Å²) in [6.45, 7) is 0. The molecule has 2 N–H and O–H groups in total. The number of aromatic nitrogens is 1. The molecule has 2 saturated carbocycles. The average molecular weight is 230 g/mol. The van der Waals surface area contributed by atoms with Gasteiger partial charge in [-0.3, -0.25) is 0 Å². The monoisotopic (exact) mass is 230 g/mol. The molecule has 0 bridgehead atoms. The zero-order chi connectivity index (χ0) is 11.6. The molecule has 2 fully saturated rings. The number of hydrogen-bond acceptors (Lipinski definition) is 1. The Hall–Kier alpha value is -1.35. The van der Waals surface area contributed by atoms with Crippen LogP contribution in [0.4, 0.5) is 4.39 Å². The van der Waals surface area contributed by atoms with Gasteiger partial charge >= 0.3 is 0 Å². The third kappa shape index (κ3) is 1.29. The molecule has 1 heterocycles. The van der Waals surface area contributed by atoms with Gasteiger partial charge in [0.2, 0.25) is 0 Å². The smallest absolute Gasteiger partial charge is 0.132 e. The molecule has 2 nitrogen and oxygen atoms in total. The summed E-state index contributed by atoms with van der Waals surface area (Å²) >= 11 is 0. The molecule has 1 aromatic heterocycles. The van der Waals surface area contributed by atoms with Crippen molar-refractivity contribution in [2.75, 3.05) is 0 Å². The van der Waals surface area contributed by atoms with Gasteiger partial charge in [-0.2, -0.15) is 0 Å². The van der Waals surface area contributed by atoms with E-state index in [4.69, 9.17) is 5.73 Å². The maximum atomic E-state index is 13.8. The molecule has 17 heavy (non-hydrogen) atoms. The molecular formula is C14H15FN2. The highest BCUT2D eigenvalue weighted by molar-refractivity contribution is 5.83. The van der Waals surface area contributed by atoms with Crippen LogP contribution in [-0.4, -0.2) is 4.57 Å². The van der Waals surface area contributed by atoms with Crippen LogP contribution in [-0.2, 0) is 5.54 Å². The molecule has 2 aliphatic carbocycles. The fraction of sp³-hybridized carbons (Fsp3) is 0.429. The maximum absolute atomic E-state index is 13.8. The number of benzene rings is 1. The summed E-state index contributed by atoms with van der Waals surface area (Å²) in [7, 11) is 0. The summed E-state index contributed by atoms with van der Waals surface area (Å²) < 4.78 is 16.1. The Morgan fingerprint density at radius 3 is 2.71 bits per heavy atom.